The van der Waals surface area contributed by atoms with E-state index in [1.165, 1.54) is 0 Å². The third-order valence-electron chi connectivity index (χ3n) is 3.00. The summed E-state index contributed by atoms with van der Waals surface area (Å²) in [6.45, 7) is 5.90. The lowest BCUT2D eigenvalue weighted by Crippen LogP contribution is -2.35. The quantitative estimate of drug-likeness (QED) is 0.875. The van der Waals surface area contributed by atoms with E-state index in [0.717, 1.165) is 29.0 Å². The number of nitrogens with two attached hydrogens (primary N) is 1. The Kier molecular flexibility index (Phi) is 7.49. The number of amides is 1. The van der Waals surface area contributed by atoms with Crippen LogP contribution in [0.15, 0.2) is 12.1 Å². The second-order valence-electron chi connectivity index (χ2n) is 4.47. The van der Waals surface area contributed by atoms with Crippen molar-refractivity contribution in [1.29, 1.82) is 0 Å². The van der Waals surface area contributed by atoms with Crippen molar-refractivity contribution in [3.05, 3.63) is 23.3 Å². The van der Waals surface area contributed by atoms with E-state index in [0.29, 0.717) is 6.42 Å². The van der Waals surface area contributed by atoms with Gasteiger partial charge in [0.05, 0.1) is 13.2 Å². The van der Waals surface area contributed by atoms with Crippen LogP contribution in [0.2, 0.25) is 0 Å². The van der Waals surface area contributed by atoms with Crippen molar-refractivity contribution in [3.63, 3.8) is 0 Å². The number of carbonyl (C=O) groups excluding carboxylic acids is 1. The van der Waals surface area contributed by atoms with E-state index in [-0.39, 0.29) is 18.3 Å². The summed E-state index contributed by atoms with van der Waals surface area (Å²) in [5.74, 6) is 0.655. The van der Waals surface area contributed by atoms with Gasteiger partial charge in [0.25, 0.3) is 0 Å². The number of halogens is 1. The molecule has 0 saturated heterocycles. The molecule has 1 aromatic carbocycles. The Balaban J connectivity index is 0.00000324. The van der Waals surface area contributed by atoms with Gasteiger partial charge in [-0.2, -0.15) is 0 Å². The van der Waals surface area contributed by atoms with E-state index in [1.807, 2.05) is 32.9 Å². The number of hydrogen-bond donors (Lipinski definition) is 2. The molecule has 1 amide bonds. The lowest BCUT2D eigenvalue weighted by Gasteiger charge is -2.16. The van der Waals surface area contributed by atoms with Gasteiger partial charge in [-0.1, -0.05) is 19.4 Å². The third kappa shape index (κ3) is 4.40. The number of aryl methyl sites for hydroxylation is 1. The summed E-state index contributed by atoms with van der Waals surface area (Å²) in [6.07, 6.45) is 1.58. The summed E-state index contributed by atoms with van der Waals surface area (Å²) in [5.41, 5.74) is 8.51. The molecule has 1 aromatic rings. The van der Waals surface area contributed by atoms with Gasteiger partial charge in [-0.15, -0.1) is 12.4 Å². The summed E-state index contributed by atoms with van der Waals surface area (Å²) in [6, 6.07) is 3.35. The lowest BCUT2D eigenvalue weighted by molar-refractivity contribution is -0.117. The molecule has 1 unspecified atom stereocenters. The maximum Gasteiger partial charge on any atom is 0.241 e. The second-order valence-corrected chi connectivity index (χ2v) is 4.47. The predicted octanol–water partition coefficient (Wildman–Crippen LogP) is 2.80. The molecule has 0 spiro atoms. The third-order valence-corrected chi connectivity index (χ3v) is 3.00. The smallest absolute Gasteiger partial charge is 0.241 e. The van der Waals surface area contributed by atoms with Crippen molar-refractivity contribution in [2.75, 3.05) is 12.4 Å². The first kappa shape index (κ1) is 17.7. The van der Waals surface area contributed by atoms with Crippen LogP contribution in [0.25, 0.3) is 0 Å². The van der Waals surface area contributed by atoms with Crippen LogP contribution < -0.4 is 15.8 Å². The van der Waals surface area contributed by atoms with Crippen LogP contribution >= 0.6 is 12.4 Å². The van der Waals surface area contributed by atoms with Crippen molar-refractivity contribution in [1.82, 2.24) is 0 Å². The Morgan fingerprint density at radius 1 is 1.42 bits per heavy atom. The van der Waals surface area contributed by atoms with Gasteiger partial charge in [0.1, 0.15) is 5.75 Å². The van der Waals surface area contributed by atoms with Gasteiger partial charge in [-0.3, -0.25) is 4.79 Å². The van der Waals surface area contributed by atoms with E-state index in [9.17, 15) is 4.79 Å². The van der Waals surface area contributed by atoms with E-state index in [4.69, 9.17) is 10.5 Å². The first-order chi connectivity index (χ1) is 8.51. The summed E-state index contributed by atoms with van der Waals surface area (Å²) in [5, 5.41) is 2.85. The number of anilines is 1. The fourth-order valence-electron chi connectivity index (χ4n) is 1.94. The Morgan fingerprint density at radius 3 is 2.58 bits per heavy atom. The highest BCUT2D eigenvalue weighted by Crippen LogP contribution is 2.29. The number of benzene rings is 1. The van der Waals surface area contributed by atoms with E-state index >= 15 is 0 Å². The molecule has 0 aliphatic carbocycles. The standard InChI is InChI=1S/C14H22N2O2.ClH/c1-5-6-11(15)14(17)16-12-8-7-9(2)13(18-4)10(12)3;/h7-8,11H,5-6,15H2,1-4H3,(H,16,17);1H. The van der Waals surface area contributed by atoms with E-state index < -0.39 is 6.04 Å². The summed E-state index contributed by atoms with van der Waals surface area (Å²) in [4.78, 5) is 11.9. The van der Waals surface area contributed by atoms with Gasteiger partial charge in [-0.05, 0) is 31.9 Å². The number of ether oxygens (including phenoxy) is 1. The Labute approximate surface area is 121 Å². The van der Waals surface area contributed by atoms with Crippen LogP contribution in [0, 0.1) is 13.8 Å². The zero-order valence-electron chi connectivity index (χ0n) is 11.9. The molecule has 0 fully saturated rings. The molecular formula is C14H23ClN2O2. The van der Waals surface area contributed by atoms with Gasteiger partial charge < -0.3 is 15.8 Å². The number of rotatable bonds is 5. The van der Waals surface area contributed by atoms with Crippen molar-refractivity contribution in [2.24, 2.45) is 5.73 Å². The van der Waals surface area contributed by atoms with Crippen LogP contribution in [-0.4, -0.2) is 19.1 Å². The fraction of sp³-hybridized carbons (Fsp3) is 0.500. The zero-order chi connectivity index (χ0) is 13.7. The summed E-state index contributed by atoms with van der Waals surface area (Å²) in [7, 11) is 1.63. The maximum absolute atomic E-state index is 11.9. The minimum atomic E-state index is -0.457. The molecule has 0 bridgehead atoms. The van der Waals surface area contributed by atoms with Gasteiger partial charge in [0.2, 0.25) is 5.91 Å². The Bertz CT molecular complexity index is 436. The predicted molar refractivity (Wildman–Crippen MR) is 81.2 cm³/mol. The maximum atomic E-state index is 11.9. The molecule has 108 valence electrons. The van der Waals surface area contributed by atoms with Crippen molar-refractivity contribution >= 4 is 24.0 Å². The van der Waals surface area contributed by atoms with Crippen molar-refractivity contribution in [2.45, 2.75) is 39.7 Å². The molecule has 0 aromatic heterocycles. The SMILES string of the molecule is CCCC(N)C(=O)Nc1ccc(C)c(OC)c1C.Cl. The fourth-order valence-corrected chi connectivity index (χ4v) is 1.94. The Hall–Kier alpha value is -1.26. The first-order valence-corrected chi connectivity index (χ1v) is 6.21. The van der Waals surface area contributed by atoms with Crippen LogP contribution in [0.5, 0.6) is 5.75 Å². The molecule has 4 nitrogen and oxygen atoms in total. The van der Waals surface area contributed by atoms with Gasteiger partial charge in [0.15, 0.2) is 0 Å². The van der Waals surface area contributed by atoms with E-state index in [2.05, 4.69) is 5.32 Å². The summed E-state index contributed by atoms with van der Waals surface area (Å²) >= 11 is 0. The number of nitrogens with one attached hydrogen (secondary N) is 1. The van der Waals surface area contributed by atoms with E-state index in [1.54, 1.807) is 7.11 Å². The topological polar surface area (TPSA) is 64.4 Å². The molecule has 0 heterocycles. The van der Waals surface area contributed by atoms with Crippen LogP contribution in [0.1, 0.15) is 30.9 Å². The molecule has 1 rings (SSSR count). The van der Waals surface area contributed by atoms with Gasteiger partial charge in [0, 0.05) is 11.3 Å². The first-order valence-electron chi connectivity index (χ1n) is 6.21. The molecule has 0 saturated carbocycles. The Morgan fingerprint density at radius 2 is 2.05 bits per heavy atom. The largest absolute Gasteiger partial charge is 0.496 e. The molecule has 3 N–H and O–H groups in total. The number of hydrogen-bond acceptors (Lipinski definition) is 3. The molecular weight excluding hydrogens is 264 g/mol. The van der Waals surface area contributed by atoms with Gasteiger partial charge in [-0.25, -0.2) is 0 Å². The highest BCUT2D eigenvalue weighted by atomic mass is 35.5. The lowest BCUT2D eigenvalue weighted by atomic mass is 10.1. The highest BCUT2D eigenvalue weighted by molar-refractivity contribution is 5.95. The highest BCUT2D eigenvalue weighted by Gasteiger charge is 2.15. The molecule has 19 heavy (non-hydrogen) atoms. The normalized spacial score (nSPS) is 11.4. The number of methoxy groups -OCH3 is 1. The average Bonchev–Trinajstić information content (AvgIpc) is 2.33. The average molecular weight is 287 g/mol. The van der Waals surface area contributed by atoms with Crippen molar-refractivity contribution in [3.8, 4) is 5.75 Å². The van der Waals surface area contributed by atoms with Crippen LogP contribution in [0.4, 0.5) is 5.69 Å². The van der Waals surface area contributed by atoms with Crippen LogP contribution in [0.3, 0.4) is 0 Å². The zero-order valence-corrected chi connectivity index (χ0v) is 12.8. The van der Waals surface area contributed by atoms with Crippen LogP contribution in [-0.2, 0) is 4.79 Å². The minimum Gasteiger partial charge on any atom is -0.496 e. The van der Waals surface area contributed by atoms with Crippen molar-refractivity contribution < 1.29 is 9.53 Å². The second kappa shape index (κ2) is 8.02. The molecule has 0 radical (unpaired) electrons. The monoisotopic (exact) mass is 286 g/mol. The molecule has 0 aliphatic rings. The summed E-state index contributed by atoms with van der Waals surface area (Å²) < 4.78 is 5.32. The molecule has 1 atom stereocenters. The number of carbonyl (C=O) groups is 1. The van der Waals surface area contributed by atoms with Gasteiger partial charge >= 0.3 is 0 Å². The minimum absolute atomic E-state index is 0. The molecule has 0 aliphatic heterocycles. The molecule has 5 heteroatoms.